The van der Waals surface area contributed by atoms with Crippen LogP contribution >= 0.6 is 0 Å². The molecule has 5 rings (SSSR count). The summed E-state index contributed by atoms with van der Waals surface area (Å²) in [6, 6.07) is 2.17. The van der Waals surface area contributed by atoms with Gasteiger partial charge in [0.25, 0.3) is 0 Å². The Morgan fingerprint density at radius 3 is 2.35 bits per heavy atom. The van der Waals surface area contributed by atoms with E-state index in [1.807, 2.05) is 26.0 Å². The maximum atomic E-state index is 14.6. The number of fused-ring (bicyclic) bond motifs is 7. The molecule has 6 nitrogen and oxygen atoms in total. The molecule has 0 aliphatic heterocycles. The molecule has 0 saturated heterocycles. The standard InChI is InChI=1S/C34H46N2O4/c1-9-16-36(28(39)40)34-14-12-29(2,3)19-22(34)26-23(37)17-25-31(6)18-21(20-35)27(38)30(4,5)24(31)10-11-32(25,7)33(26,8)13-15-34/h9,17-18,22,24,26H,1,10-16,19H2,2-8H3,(H,39,40)/t22-,24+,26+,31+,32-,33-,34+/m1/s1. The Bertz CT molecular complexity index is 1300. The van der Waals surface area contributed by atoms with Gasteiger partial charge in [-0.1, -0.05) is 66.2 Å². The van der Waals surface area contributed by atoms with E-state index in [9.17, 15) is 24.8 Å². The molecule has 0 unspecified atom stereocenters. The number of Topliss-reactive ketones (excluding diaryl/α,β-unsaturated/α-hetero) is 1. The first-order valence-electron chi connectivity index (χ1n) is 15.0. The zero-order chi connectivity index (χ0) is 29.7. The third-order valence-electron chi connectivity index (χ3n) is 12.9. The van der Waals surface area contributed by atoms with Crippen LogP contribution in [0.1, 0.15) is 93.4 Å². The lowest BCUT2D eigenvalue weighted by Crippen LogP contribution is -2.70. The highest BCUT2D eigenvalue weighted by Crippen LogP contribution is 2.73. The Hall–Kier alpha value is -2.68. The van der Waals surface area contributed by atoms with Gasteiger partial charge in [-0.3, -0.25) is 14.5 Å². The topological polar surface area (TPSA) is 98.5 Å². The van der Waals surface area contributed by atoms with Gasteiger partial charge in [0.15, 0.2) is 11.6 Å². The second-order valence-corrected chi connectivity index (χ2v) is 15.5. The Morgan fingerprint density at radius 1 is 1.10 bits per heavy atom. The van der Waals surface area contributed by atoms with Crippen molar-refractivity contribution in [3.63, 3.8) is 0 Å². The second kappa shape index (κ2) is 8.66. The van der Waals surface area contributed by atoms with Crippen molar-refractivity contribution >= 4 is 17.7 Å². The van der Waals surface area contributed by atoms with E-state index in [-0.39, 0.29) is 57.7 Å². The van der Waals surface area contributed by atoms with Gasteiger partial charge in [0.1, 0.15) is 6.07 Å². The van der Waals surface area contributed by atoms with E-state index < -0.39 is 22.5 Å². The molecule has 216 valence electrons. The second-order valence-electron chi connectivity index (χ2n) is 15.5. The van der Waals surface area contributed by atoms with Crippen LogP contribution in [0.15, 0.2) is 36.0 Å². The molecule has 0 spiro atoms. The van der Waals surface area contributed by atoms with Crippen molar-refractivity contribution in [3.8, 4) is 6.07 Å². The number of nitriles is 1. The van der Waals surface area contributed by atoms with E-state index in [4.69, 9.17) is 0 Å². The maximum Gasteiger partial charge on any atom is 0.408 e. The van der Waals surface area contributed by atoms with Crippen LogP contribution in [-0.4, -0.2) is 39.7 Å². The van der Waals surface area contributed by atoms with Gasteiger partial charge in [-0.15, -0.1) is 6.58 Å². The van der Waals surface area contributed by atoms with Crippen LogP contribution in [0.5, 0.6) is 0 Å². The number of allylic oxidation sites excluding steroid dienone is 4. The molecule has 0 aromatic heterocycles. The summed E-state index contributed by atoms with van der Waals surface area (Å²) in [5, 5.41) is 20.3. The molecule has 0 aromatic rings. The van der Waals surface area contributed by atoms with Crippen molar-refractivity contribution in [2.75, 3.05) is 6.54 Å². The number of nitrogens with zero attached hydrogens (tertiary/aromatic N) is 2. The first-order valence-corrected chi connectivity index (χ1v) is 15.0. The average Bonchev–Trinajstić information content (AvgIpc) is 2.86. The molecule has 3 saturated carbocycles. The smallest absolute Gasteiger partial charge is 0.408 e. The van der Waals surface area contributed by atoms with Gasteiger partial charge in [0.05, 0.1) is 11.1 Å². The minimum atomic E-state index is -0.935. The highest BCUT2D eigenvalue weighted by Gasteiger charge is 2.70. The van der Waals surface area contributed by atoms with Gasteiger partial charge in [-0.05, 0) is 79.1 Å². The minimum Gasteiger partial charge on any atom is -0.465 e. The molecule has 0 bridgehead atoms. The van der Waals surface area contributed by atoms with Gasteiger partial charge in [0.2, 0.25) is 0 Å². The number of hydrogen-bond acceptors (Lipinski definition) is 4. The molecule has 3 fully saturated rings. The van der Waals surface area contributed by atoms with E-state index in [1.54, 1.807) is 11.0 Å². The summed E-state index contributed by atoms with van der Waals surface area (Å²) in [4.78, 5) is 42.1. The van der Waals surface area contributed by atoms with Gasteiger partial charge in [0, 0.05) is 23.3 Å². The zero-order valence-corrected chi connectivity index (χ0v) is 25.4. The van der Waals surface area contributed by atoms with E-state index >= 15 is 0 Å². The fourth-order valence-electron chi connectivity index (χ4n) is 10.7. The SMILES string of the molecule is C=CCN(C(=O)O)[C@]12CCC(C)(C)C[C@@H]1[C@H]1C(=O)C=C3[C@@]4(C)C=C(C#N)C(=O)C(C)(C)[C@@H]4CC[C@@]3(C)[C@]1(C)CC2. The van der Waals surface area contributed by atoms with Crippen LogP contribution in [0.25, 0.3) is 0 Å². The van der Waals surface area contributed by atoms with Crippen LogP contribution in [0.2, 0.25) is 0 Å². The number of rotatable bonds is 3. The van der Waals surface area contributed by atoms with Crippen molar-refractivity contribution in [1.82, 2.24) is 4.90 Å². The number of carbonyl (C=O) groups is 3. The minimum absolute atomic E-state index is 0.00302. The van der Waals surface area contributed by atoms with Crippen LogP contribution in [0, 0.1) is 56.2 Å². The van der Waals surface area contributed by atoms with Crippen LogP contribution in [0.3, 0.4) is 0 Å². The summed E-state index contributed by atoms with van der Waals surface area (Å²) in [5.74, 6) is -0.388. The third-order valence-corrected chi connectivity index (χ3v) is 12.9. The molecule has 1 amide bonds. The predicted molar refractivity (Wildman–Crippen MR) is 154 cm³/mol. The molecule has 0 radical (unpaired) electrons. The fraction of sp³-hybridized carbons (Fsp3) is 0.706. The number of hydrogen-bond donors (Lipinski definition) is 1. The largest absolute Gasteiger partial charge is 0.465 e. The maximum absolute atomic E-state index is 14.6. The molecule has 0 heterocycles. The predicted octanol–water partition coefficient (Wildman–Crippen LogP) is 7.12. The molecular formula is C34H46N2O4. The molecule has 5 aliphatic carbocycles. The first-order chi connectivity index (χ1) is 18.4. The monoisotopic (exact) mass is 546 g/mol. The molecule has 5 aliphatic rings. The average molecular weight is 547 g/mol. The summed E-state index contributed by atoms with van der Waals surface area (Å²) in [6.07, 6.45) is 10.2. The zero-order valence-electron chi connectivity index (χ0n) is 25.4. The Morgan fingerprint density at radius 2 is 1.75 bits per heavy atom. The van der Waals surface area contributed by atoms with Crippen LogP contribution < -0.4 is 0 Å². The summed E-state index contributed by atoms with van der Waals surface area (Å²) in [7, 11) is 0. The van der Waals surface area contributed by atoms with E-state index in [0.717, 1.165) is 50.5 Å². The van der Waals surface area contributed by atoms with Crippen molar-refractivity contribution in [2.24, 2.45) is 44.8 Å². The highest BCUT2D eigenvalue weighted by atomic mass is 16.4. The molecule has 0 aromatic carbocycles. The molecule has 6 heteroatoms. The normalized spacial score (nSPS) is 43.0. The third kappa shape index (κ3) is 3.48. The van der Waals surface area contributed by atoms with Crippen molar-refractivity contribution in [3.05, 3.63) is 36.0 Å². The fourth-order valence-corrected chi connectivity index (χ4v) is 10.7. The van der Waals surface area contributed by atoms with Crippen molar-refractivity contribution in [1.29, 1.82) is 5.26 Å². The lowest BCUT2D eigenvalue weighted by Gasteiger charge is -2.70. The van der Waals surface area contributed by atoms with Gasteiger partial charge >= 0.3 is 6.09 Å². The summed E-state index contributed by atoms with van der Waals surface area (Å²) in [5.41, 5.74) is -1.26. The van der Waals surface area contributed by atoms with Crippen LogP contribution in [0.4, 0.5) is 4.79 Å². The number of carboxylic acid groups (broad SMARTS) is 1. The van der Waals surface area contributed by atoms with Gasteiger partial charge in [-0.2, -0.15) is 5.26 Å². The molecule has 40 heavy (non-hydrogen) atoms. The van der Waals surface area contributed by atoms with E-state index in [0.29, 0.717) is 0 Å². The quantitative estimate of drug-likeness (QED) is 0.380. The number of amides is 1. The van der Waals surface area contributed by atoms with Crippen molar-refractivity contribution in [2.45, 2.75) is 99.0 Å². The summed E-state index contributed by atoms with van der Waals surface area (Å²) < 4.78 is 0. The van der Waals surface area contributed by atoms with E-state index in [1.165, 1.54) is 0 Å². The van der Waals surface area contributed by atoms with E-state index in [2.05, 4.69) is 47.3 Å². The summed E-state index contributed by atoms with van der Waals surface area (Å²) >= 11 is 0. The lowest BCUT2D eigenvalue weighted by molar-refractivity contribution is -0.173. The van der Waals surface area contributed by atoms with Gasteiger partial charge < -0.3 is 5.11 Å². The highest BCUT2D eigenvalue weighted by molar-refractivity contribution is 6.04. The first kappa shape index (κ1) is 28.8. The number of ketones is 2. The van der Waals surface area contributed by atoms with Crippen LogP contribution in [-0.2, 0) is 9.59 Å². The molecule has 1 N–H and O–H groups in total. The van der Waals surface area contributed by atoms with Gasteiger partial charge in [-0.25, -0.2) is 4.79 Å². The Balaban J connectivity index is 1.71. The van der Waals surface area contributed by atoms with Crippen molar-refractivity contribution < 1.29 is 19.5 Å². The lowest BCUT2D eigenvalue weighted by atomic mass is 9.35. The number of carbonyl (C=O) groups excluding carboxylic acids is 2. The Labute approximate surface area is 239 Å². The molecular weight excluding hydrogens is 500 g/mol. The Kier molecular flexibility index (Phi) is 6.24. The summed E-state index contributed by atoms with van der Waals surface area (Å²) in [6.45, 7) is 19.3. The molecule has 7 atom stereocenters.